The van der Waals surface area contributed by atoms with Crippen LogP contribution < -0.4 is 10.1 Å². The highest BCUT2D eigenvalue weighted by atomic mass is 32.2. The molecule has 0 spiro atoms. The van der Waals surface area contributed by atoms with Crippen molar-refractivity contribution in [3.63, 3.8) is 0 Å². The summed E-state index contributed by atoms with van der Waals surface area (Å²) in [5, 5.41) is 3.43. The van der Waals surface area contributed by atoms with Gasteiger partial charge in [-0.2, -0.15) is 0 Å². The lowest BCUT2D eigenvalue weighted by atomic mass is 10.0. The van der Waals surface area contributed by atoms with Gasteiger partial charge in [0.1, 0.15) is 5.75 Å². The maximum Gasteiger partial charge on any atom is 0.119 e. The summed E-state index contributed by atoms with van der Waals surface area (Å²) < 4.78 is 5.28. The monoisotopic (exact) mass is 301 g/mol. The van der Waals surface area contributed by atoms with E-state index in [-0.39, 0.29) is 0 Å². The first-order valence-corrected chi connectivity index (χ1v) is 8.14. The van der Waals surface area contributed by atoms with Gasteiger partial charge < -0.3 is 10.1 Å². The van der Waals surface area contributed by atoms with E-state index in [2.05, 4.69) is 49.5 Å². The second-order valence-electron chi connectivity index (χ2n) is 5.19. The Bertz CT molecular complexity index is 598. The van der Waals surface area contributed by atoms with E-state index in [9.17, 15) is 0 Å². The van der Waals surface area contributed by atoms with Gasteiger partial charge in [0, 0.05) is 16.7 Å². The van der Waals surface area contributed by atoms with Gasteiger partial charge in [-0.1, -0.05) is 29.8 Å². The number of nitrogens with one attached hydrogen (secondary N) is 1. The Labute approximate surface area is 131 Å². The predicted octanol–water partition coefficient (Wildman–Crippen LogP) is 4.36. The molecule has 0 bridgehead atoms. The topological polar surface area (TPSA) is 21.3 Å². The average Bonchev–Trinajstić information content (AvgIpc) is 2.51. The average molecular weight is 301 g/mol. The Morgan fingerprint density at radius 2 is 1.95 bits per heavy atom. The molecule has 0 aliphatic rings. The van der Waals surface area contributed by atoms with Crippen LogP contribution in [0.25, 0.3) is 0 Å². The number of aryl methyl sites for hydroxylation is 2. The van der Waals surface area contributed by atoms with Crippen molar-refractivity contribution < 1.29 is 4.74 Å². The predicted molar refractivity (Wildman–Crippen MR) is 91.4 cm³/mol. The van der Waals surface area contributed by atoms with Crippen LogP contribution in [0, 0.1) is 13.8 Å². The molecule has 21 heavy (non-hydrogen) atoms. The second-order valence-corrected chi connectivity index (χ2v) is 6.28. The van der Waals surface area contributed by atoms with Crippen molar-refractivity contribution in [2.75, 3.05) is 19.9 Å². The van der Waals surface area contributed by atoms with Crippen LogP contribution in [0.15, 0.2) is 47.4 Å². The van der Waals surface area contributed by atoms with Crippen LogP contribution in [0.2, 0.25) is 0 Å². The third-order valence-corrected chi connectivity index (χ3v) is 4.70. The number of methoxy groups -OCH3 is 1. The van der Waals surface area contributed by atoms with E-state index >= 15 is 0 Å². The molecule has 112 valence electrons. The fraction of sp³-hybridized carbons (Fsp3) is 0.333. The molecule has 0 radical (unpaired) electrons. The molecule has 2 aromatic carbocycles. The van der Waals surface area contributed by atoms with Gasteiger partial charge in [0.25, 0.3) is 0 Å². The molecule has 0 amide bonds. The number of hydrogen-bond acceptors (Lipinski definition) is 3. The molecule has 0 aliphatic heterocycles. The Morgan fingerprint density at radius 3 is 2.67 bits per heavy atom. The molecule has 2 nitrogen and oxygen atoms in total. The summed E-state index contributed by atoms with van der Waals surface area (Å²) in [6.07, 6.45) is 0. The summed E-state index contributed by atoms with van der Waals surface area (Å²) >= 11 is 1.85. The van der Waals surface area contributed by atoms with Crippen molar-refractivity contribution in [2.45, 2.75) is 24.8 Å². The van der Waals surface area contributed by atoms with E-state index < -0.39 is 0 Å². The van der Waals surface area contributed by atoms with E-state index in [4.69, 9.17) is 4.74 Å². The number of benzene rings is 2. The number of rotatable bonds is 6. The molecule has 0 saturated carbocycles. The Kier molecular flexibility index (Phi) is 5.71. The smallest absolute Gasteiger partial charge is 0.119 e. The van der Waals surface area contributed by atoms with Gasteiger partial charge >= 0.3 is 0 Å². The minimum atomic E-state index is 0.348. The van der Waals surface area contributed by atoms with Crippen molar-refractivity contribution in [1.29, 1.82) is 0 Å². The van der Waals surface area contributed by atoms with Crippen molar-refractivity contribution >= 4 is 11.8 Å². The molecular weight excluding hydrogens is 278 g/mol. The zero-order valence-corrected chi connectivity index (χ0v) is 14.0. The van der Waals surface area contributed by atoms with E-state index in [0.29, 0.717) is 6.04 Å². The molecule has 0 fully saturated rings. The van der Waals surface area contributed by atoms with Crippen molar-refractivity contribution in [2.24, 2.45) is 0 Å². The van der Waals surface area contributed by atoms with Crippen LogP contribution in [0.4, 0.5) is 0 Å². The Hall–Kier alpha value is -1.45. The van der Waals surface area contributed by atoms with Gasteiger partial charge in [0.15, 0.2) is 0 Å². The first-order valence-electron chi connectivity index (χ1n) is 7.15. The third-order valence-electron chi connectivity index (χ3n) is 3.62. The maximum absolute atomic E-state index is 5.28. The third kappa shape index (κ3) is 4.26. The van der Waals surface area contributed by atoms with Crippen molar-refractivity contribution in [1.82, 2.24) is 5.32 Å². The second kappa shape index (κ2) is 7.53. The van der Waals surface area contributed by atoms with Crippen LogP contribution in [0.3, 0.4) is 0 Å². The summed E-state index contributed by atoms with van der Waals surface area (Å²) in [5.41, 5.74) is 4.03. The normalized spacial score (nSPS) is 12.2. The van der Waals surface area contributed by atoms with Gasteiger partial charge in [-0.15, -0.1) is 11.8 Å². The zero-order chi connectivity index (χ0) is 15.2. The van der Waals surface area contributed by atoms with Crippen molar-refractivity contribution in [3.8, 4) is 5.75 Å². The molecule has 2 aromatic rings. The van der Waals surface area contributed by atoms with Crippen LogP contribution in [0.5, 0.6) is 5.75 Å². The highest BCUT2D eigenvalue weighted by Crippen LogP contribution is 2.28. The first-order chi connectivity index (χ1) is 10.1. The van der Waals surface area contributed by atoms with Gasteiger partial charge in [-0.25, -0.2) is 0 Å². The fourth-order valence-corrected chi connectivity index (χ4v) is 3.41. The molecule has 1 N–H and O–H groups in total. The number of ether oxygens (including phenoxy) is 1. The van der Waals surface area contributed by atoms with E-state index in [1.807, 2.05) is 30.9 Å². The SMILES string of the molecule is CNC(CSc1cccc(OC)c1)c1cc(C)ccc1C. The van der Waals surface area contributed by atoms with Gasteiger partial charge in [-0.05, 0) is 50.2 Å². The van der Waals surface area contributed by atoms with Gasteiger partial charge in [0.05, 0.1) is 7.11 Å². The van der Waals surface area contributed by atoms with Crippen LogP contribution in [-0.4, -0.2) is 19.9 Å². The fourth-order valence-electron chi connectivity index (χ4n) is 2.33. The van der Waals surface area contributed by atoms with Crippen LogP contribution in [-0.2, 0) is 0 Å². The highest BCUT2D eigenvalue weighted by Gasteiger charge is 2.12. The lowest BCUT2D eigenvalue weighted by Crippen LogP contribution is -2.19. The van der Waals surface area contributed by atoms with Crippen LogP contribution >= 0.6 is 11.8 Å². The summed E-state index contributed by atoms with van der Waals surface area (Å²) in [6.45, 7) is 4.32. The summed E-state index contributed by atoms with van der Waals surface area (Å²) in [7, 11) is 3.73. The minimum Gasteiger partial charge on any atom is -0.497 e. The lowest BCUT2D eigenvalue weighted by Gasteiger charge is -2.19. The molecule has 0 heterocycles. The largest absolute Gasteiger partial charge is 0.497 e. The maximum atomic E-state index is 5.28. The summed E-state index contributed by atoms with van der Waals surface area (Å²) in [5.74, 6) is 1.90. The van der Waals surface area contributed by atoms with E-state index in [0.717, 1.165) is 11.5 Å². The molecular formula is C18H23NOS. The molecule has 0 saturated heterocycles. The molecule has 1 atom stereocenters. The van der Waals surface area contributed by atoms with E-state index in [1.165, 1.54) is 21.6 Å². The Morgan fingerprint density at radius 1 is 1.14 bits per heavy atom. The summed E-state index contributed by atoms with van der Waals surface area (Å²) in [4.78, 5) is 1.24. The molecule has 0 aliphatic carbocycles. The quantitative estimate of drug-likeness (QED) is 0.801. The van der Waals surface area contributed by atoms with Gasteiger partial charge in [-0.3, -0.25) is 0 Å². The minimum absolute atomic E-state index is 0.348. The summed E-state index contributed by atoms with van der Waals surface area (Å²) in [6, 6.07) is 15.2. The Balaban J connectivity index is 2.10. The molecule has 3 heteroatoms. The van der Waals surface area contributed by atoms with Crippen LogP contribution in [0.1, 0.15) is 22.7 Å². The lowest BCUT2D eigenvalue weighted by molar-refractivity contribution is 0.413. The number of thioether (sulfide) groups is 1. The molecule has 0 aromatic heterocycles. The van der Waals surface area contributed by atoms with Crippen molar-refractivity contribution in [3.05, 3.63) is 59.2 Å². The molecule has 1 unspecified atom stereocenters. The standard InChI is InChI=1S/C18H23NOS/c1-13-8-9-14(2)17(10-13)18(19-3)12-21-16-7-5-6-15(11-16)20-4/h5-11,18-19H,12H2,1-4H3. The number of hydrogen-bond donors (Lipinski definition) is 1. The highest BCUT2D eigenvalue weighted by molar-refractivity contribution is 7.99. The first kappa shape index (κ1) is 15.9. The van der Waals surface area contributed by atoms with E-state index in [1.54, 1.807) is 7.11 Å². The zero-order valence-electron chi connectivity index (χ0n) is 13.1. The van der Waals surface area contributed by atoms with Gasteiger partial charge in [0.2, 0.25) is 0 Å². The molecule has 2 rings (SSSR count).